The molecule has 0 amide bonds. The molecule has 21 heavy (non-hydrogen) atoms. The summed E-state index contributed by atoms with van der Waals surface area (Å²) >= 11 is 0. The van der Waals surface area contributed by atoms with Crippen LogP contribution in [0.3, 0.4) is 0 Å². The number of carbonyl (C=O) groups excluding carboxylic acids is 2. The Labute approximate surface area is 123 Å². The average molecular weight is 290 g/mol. The maximum atomic E-state index is 12.0. The molecule has 0 aliphatic rings. The Kier molecular flexibility index (Phi) is 5.84. The van der Waals surface area contributed by atoms with Crippen molar-refractivity contribution < 1.29 is 24.2 Å². The number of Topliss-reactive ketones (excluding diaryl/α,β-unsaturated/α-hetero) is 1. The van der Waals surface area contributed by atoms with Crippen LogP contribution in [-0.2, 0) is 14.3 Å². The van der Waals surface area contributed by atoms with E-state index < -0.39 is 11.9 Å². The number of rotatable bonds is 6. The standard InChI is InChI=1S/C16H18O5/c1-10(2)14(17)9-21-16(20)13-7-5-4-6-12(13)11(3)8-15(18)19/h4-8,10H,9H2,1-3H3,(H,18,19)/b11-8+. The van der Waals surface area contributed by atoms with Crippen molar-refractivity contribution in [2.24, 2.45) is 5.92 Å². The van der Waals surface area contributed by atoms with Crippen LogP contribution in [0.2, 0.25) is 0 Å². The lowest BCUT2D eigenvalue weighted by Gasteiger charge is -2.10. The molecule has 5 nitrogen and oxygen atoms in total. The molecule has 0 saturated heterocycles. The molecule has 1 aromatic carbocycles. The third kappa shape index (κ3) is 4.87. The van der Waals surface area contributed by atoms with Crippen molar-refractivity contribution >= 4 is 23.3 Å². The Bertz CT molecular complexity index is 584. The normalized spacial score (nSPS) is 11.3. The second-order valence-corrected chi connectivity index (χ2v) is 4.91. The summed E-state index contributed by atoms with van der Waals surface area (Å²) in [6.45, 7) is 4.76. The van der Waals surface area contributed by atoms with E-state index in [4.69, 9.17) is 9.84 Å². The fourth-order valence-corrected chi connectivity index (χ4v) is 1.65. The zero-order valence-corrected chi connectivity index (χ0v) is 12.3. The monoisotopic (exact) mass is 290 g/mol. The lowest BCUT2D eigenvalue weighted by molar-refractivity contribution is -0.131. The van der Waals surface area contributed by atoms with Gasteiger partial charge in [-0.3, -0.25) is 4.79 Å². The molecule has 0 heterocycles. The largest absolute Gasteiger partial charge is 0.478 e. The Morgan fingerprint density at radius 1 is 1.19 bits per heavy atom. The maximum absolute atomic E-state index is 12.0. The Balaban J connectivity index is 2.95. The number of esters is 1. The highest BCUT2D eigenvalue weighted by molar-refractivity contribution is 5.99. The molecule has 1 aromatic rings. The highest BCUT2D eigenvalue weighted by Gasteiger charge is 2.16. The van der Waals surface area contributed by atoms with E-state index in [9.17, 15) is 14.4 Å². The highest BCUT2D eigenvalue weighted by atomic mass is 16.5. The van der Waals surface area contributed by atoms with Gasteiger partial charge in [0.1, 0.15) is 0 Å². The van der Waals surface area contributed by atoms with Gasteiger partial charge in [-0.25, -0.2) is 9.59 Å². The fraction of sp³-hybridized carbons (Fsp3) is 0.312. The number of carbonyl (C=O) groups is 3. The number of ketones is 1. The molecule has 0 radical (unpaired) electrons. The van der Waals surface area contributed by atoms with E-state index in [1.165, 1.54) is 6.07 Å². The third-order valence-corrected chi connectivity index (χ3v) is 2.90. The van der Waals surface area contributed by atoms with Gasteiger partial charge in [-0.2, -0.15) is 0 Å². The van der Waals surface area contributed by atoms with Crippen LogP contribution in [0, 0.1) is 5.92 Å². The van der Waals surface area contributed by atoms with Crippen molar-refractivity contribution in [2.75, 3.05) is 6.61 Å². The van der Waals surface area contributed by atoms with Gasteiger partial charge in [0.05, 0.1) is 5.56 Å². The summed E-state index contributed by atoms with van der Waals surface area (Å²) in [7, 11) is 0. The number of allylic oxidation sites excluding steroid dienone is 1. The summed E-state index contributed by atoms with van der Waals surface area (Å²) in [6.07, 6.45) is 1.02. The lowest BCUT2D eigenvalue weighted by Crippen LogP contribution is -2.18. The van der Waals surface area contributed by atoms with Gasteiger partial charge in [-0.1, -0.05) is 32.0 Å². The van der Waals surface area contributed by atoms with Crippen LogP contribution in [0.4, 0.5) is 0 Å². The van der Waals surface area contributed by atoms with Gasteiger partial charge in [0.2, 0.25) is 0 Å². The van der Waals surface area contributed by atoms with Crippen molar-refractivity contribution in [3.63, 3.8) is 0 Å². The average Bonchev–Trinajstić information content (AvgIpc) is 2.43. The number of carboxylic acids is 1. The van der Waals surface area contributed by atoms with Gasteiger partial charge in [0.25, 0.3) is 0 Å². The third-order valence-electron chi connectivity index (χ3n) is 2.90. The molecular weight excluding hydrogens is 272 g/mol. The topological polar surface area (TPSA) is 80.7 Å². The summed E-state index contributed by atoms with van der Waals surface area (Å²) < 4.78 is 4.98. The zero-order valence-electron chi connectivity index (χ0n) is 12.3. The number of hydrogen-bond donors (Lipinski definition) is 1. The Morgan fingerprint density at radius 2 is 1.76 bits per heavy atom. The van der Waals surface area contributed by atoms with Gasteiger partial charge in [-0.05, 0) is 24.1 Å². The predicted octanol–water partition coefficient (Wildman–Crippen LogP) is 2.56. The first kappa shape index (κ1) is 16.6. The maximum Gasteiger partial charge on any atom is 0.339 e. The first-order valence-electron chi connectivity index (χ1n) is 6.53. The van der Waals surface area contributed by atoms with Crippen molar-refractivity contribution in [2.45, 2.75) is 20.8 Å². The Hall–Kier alpha value is -2.43. The minimum Gasteiger partial charge on any atom is -0.478 e. The van der Waals surface area contributed by atoms with E-state index in [-0.39, 0.29) is 23.9 Å². The van der Waals surface area contributed by atoms with Crippen LogP contribution >= 0.6 is 0 Å². The van der Waals surface area contributed by atoms with Gasteiger partial charge in [0, 0.05) is 12.0 Å². The van der Waals surface area contributed by atoms with Crippen LogP contribution in [-0.4, -0.2) is 29.4 Å². The van der Waals surface area contributed by atoms with Gasteiger partial charge in [-0.15, -0.1) is 0 Å². The first-order chi connectivity index (χ1) is 9.82. The van der Waals surface area contributed by atoms with Crippen LogP contribution in [0.15, 0.2) is 30.3 Å². The van der Waals surface area contributed by atoms with E-state index in [1.807, 2.05) is 0 Å². The number of hydrogen-bond acceptors (Lipinski definition) is 4. The molecule has 5 heteroatoms. The molecule has 1 rings (SSSR count). The molecule has 0 aromatic heterocycles. The van der Waals surface area contributed by atoms with E-state index >= 15 is 0 Å². The molecule has 0 aliphatic heterocycles. The van der Waals surface area contributed by atoms with Gasteiger partial charge in [0.15, 0.2) is 12.4 Å². The van der Waals surface area contributed by atoms with E-state index in [2.05, 4.69) is 0 Å². The minimum absolute atomic E-state index is 0.168. The number of carboxylic acid groups (broad SMARTS) is 1. The molecule has 0 unspecified atom stereocenters. The SMILES string of the molecule is C/C(=C\C(=O)O)c1ccccc1C(=O)OCC(=O)C(C)C. The highest BCUT2D eigenvalue weighted by Crippen LogP contribution is 2.19. The second kappa shape index (κ2) is 7.38. The predicted molar refractivity (Wildman–Crippen MR) is 77.9 cm³/mol. The molecule has 0 atom stereocenters. The molecule has 112 valence electrons. The van der Waals surface area contributed by atoms with Crippen molar-refractivity contribution in [3.05, 3.63) is 41.5 Å². The number of benzene rings is 1. The minimum atomic E-state index is -1.09. The second-order valence-electron chi connectivity index (χ2n) is 4.91. The summed E-state index contributed by atoms with van der Waals surface area (Å²) in [6, 6.07) is 6.52. The summed E-state index contributed by atoms with van der Waals surface area (Å²) in [5, 5.41) is 8.77. The van der Waals surface area contributed by atoms with Crippen LogP contribution in [0.5, 0.6) is 0 Å². The quantitative estimate of drug-likeness (QED) is 0.643. The number of aliphatic carboxylic acids is 1. The summed E-state index contributed by atoms with van der Waals surface area (Å²) in [4.78, 5) is 34.2. The molecule has 1 N–H and O–H groups in total. The van der Waals surface area contributed by atoms with E-state index in [0.29, 0.717) is 11.1 Å². The van der Waals surface area contributed by atoms with E-state index in [0.717, 1.165) is 6.08 Å². The van der Waals surface area contributed by atoms with Crippen molar-refractivity contribution in [1.82, 2.24) is 0 Å². The molecule has 0 saturated carbocycles. The van der Waals surface area contributed by atoms with Gasteiger partial charge >= 0.3 is 11.9 Å². The summed E-state index contributed by atoms with van der Waals surface area (Å²) in [5.41, 5.74) is 1.15. The van der Waals surface area contributed by atoms with Crippen LogP contribution < -0.4 is 0 Å². The molecule has 0 aliphatic carbocycles. The molecule has 0 bridgehead atoms. The van der Waals surface area contributed by atoms with Crippen LogP contribution in [0.25, 0.3) is 5.57 Å². The Morgan fingerprint density at radius 3 is 2.29 bits per heavy atom. The first-order valence-corrected chi connectivity index (χ1v) is 6.53. The van der Waals surface area contributed by atoms with Gasteiger partial charge < -0.3 is 9.84 Å². The van der Waals surface area contributed by atoms with Crippen molar-refractivity contribution in [1.29, 1.82) is 0 Å². The molecule has 0 spiro atoms. The number of ether oxygens (including phenoxy) is 1. The van der Waals surface area contributed by atoms with Crippen LogP contribution in [0.1, 0.15) is 36.7 Å². The smallest absolute Gasteiger partial charge is 0.339 e. The molecule has 0 fully saturated rings. The zero-order chi connectivity index (χ0) is 16.0. The van der Waals surface area contributed by atoms with E-state index in [1.54, 1.807) is 39.0 Å². The fourth-order valence-electron chi connectivity index (χ4n) is 1.65. The summed E-state index contributed by atoms with van der Waals surface area (Å²) in [5.74, 6) is -2.11. The lowest BCUT2D eigenvalue weighted by atomic mass is 10.0. The van der Waals surface area contributed by atoms with Crippen molar-refractivity contribution in [3.8, 4) is 0 Å². The molecular formula is C16H18O5.